The maximum absolute atomic E-state index is 14.0. The molecule has 5 nitrogen and oxygen atoms in total. The second kappa shape index (κ2) is 13.6. The van der Waals surface area contributed by atoms with Gasteiger partial charge in [0.05, 0.1) is 5.92 Å². The molecule has 1 amide bonds. The van der Waals surface area contributed by atoms with E-state index < -0.39 is 0 Å². The van der Waals surface area contributed by atoms with Gasteiger partial charge in [0.15, 0.2) is 0 Å². The quantitative estimate of drug-likeness (QED) is 0.361. The summed E-state index contributed by atoms with van der Waals surface area (Å²) >= 11 is 7.98. The van der Waals surface area contributed by atoms with Gasteiger partial charge in [-0.3, -0.25) is 14.6 Å². The first-order valence-corrected chi connectivity index (χ1v) is 16.9. The zero-order valence-corrected chi connectivity index (χ0v) is 26.2. The summed E-state index contributed by atoms with van der Waals surface area (Å²) in [4.78, 5) is 22.7. The first kappa shape index (κ1) is 29.9. The van der Waals surface area contributed by atoms with E-state index in [9.17, 15) is 4.79 Å². The lowest BCUT2D eigenvalue weighted by Gasteiger charge is -2.50. The minimum atomic E-state index is 0.0120. The van der Waals surface area contributed by atoms with E-state index in [0.29, 0.717) is 11.9 Å². The van der Waals surface area contributed by atoms with Crippen molar-refractivity contribution in [1.29, 1.82) is 0 Å². The number of amides is 1. The minimum absolute atomic E-state index is 0.0120. The van der Waals surface area contributed by atoms with Crippen molar-refractivity contribution in [3.05, 3.63) is 64.7 Å². The van der Waals surface area contributed by atoms with E-state index in [-0.39, 0.29) is 17.4 Å². The van der Waals surface area contributed by atoms with Crippen LogP contribution >= 0.6 is 23.4 Å². The molecule has 2 heterocycles. The van der Waals surface area contributed by atoms with Crippen molar-refractivity contribution < 1.29 is 4.79 Å². The maximum atomic E-state index is 14.0. The van der Waals surface area contributed by atoms with Gasteiger partial charge in [0.2, 0.25) is 5.91 Å². The van der Waals surface area contributed by atoms with Crippen LogP contribution in [0.2, 0.25) is 5.02 Å². The van der Waals surface area contributed by atoms with E-state index in [2.05, 4.69) is 76.5 Å². The summed E-state index contributed by atoms with van der Waals surface area (Å²) in [6, 6.07) is 17.5. The van der Waals surface area contributed by atoms with Crippen molar-refractivity contribution in [2.24, 2.45) is 5.92 Å². The molecule has 0 unspecified atom stereocenters. The fourth-order valence-corrected chi connectivity index (χ4v) is 7.72. The molecule has 40 heavy (non-hydrogen) atoms. The van der Waals surface area contributed by atoms with E-state index in [4.69, 9.17) is 11.6 Å². The number of carbonyl (C=O) groups is 1. The van der Waals surface area contributed by atoms with Crippen LogP contribution in [0, 0.1) is 5.92 Å². The van der Waals surface area contributed by atoms with Crippen LogP contribution in [0.15, 0.2) is 53.4 Å². The molecular weight excluding hydrogens is 536 g/mol. The number of hydrogen-bond acceptors (Lipinski definition) is 5. The van der Waals surface area contributed by atoms with Crippen molar-refractivity contribution in [1.82, 2.24) is 20.0 Å². The lowest BCUT2D eigenvalue weighted by molar-refractivity contribution is -0.138. The summed E-state index contributed by atoms with van der Waals surface area (Å²) in [6.07, 6.45) is 8.59. The number of hydrogen-bond donors (Lipinski definition) is 1. The van der Waals surface area contributed by atoms with Gasteiger partial charge in [-0.2, -0.15) is 0 Å². The van der Waals surface area contributed by atoms with Crippen LogP contribution in [0.25, 0.3) is 0 Å². The number of thioether (sulfide) groups is 1. The molecule has 2 aromatic carbocycles. The molecule has 218 valence electrons. The van der Waals surface area contributed by atoms with Crippen molar-refractivity contribution in [3.63, 3.8) is 0 Å². The molecule has 0 bridgehead atoms. The molecule has 2 aromatic rings. The monoisotopic (exact) mass is 582 g/mol. The van der Waals surface area contributed by atoms with Crippen molar-refractivity contribution in [2.45, 2.75) is 74.9 Å². The first-order valence-electron chi connectivity index (χ1n) is 15.3. The summed E-state index contributed by atoms with van der Waals surface area (Å²) in [5.41, 5.74) is 2.79. The van der Waals surface area contributed by atoms with Crippen LogP contribution in [-0.2, 0) is 11.3 Å². The van der Waals surface area contributed by atoms with E-state index >= 15 is 0 Å². The zero-order valence-electron chi connectivity index (χ0n) is 24.6. The van der Waals surface area contributed by atoms with Gasteiger partial charge in [0.25, 0.3) is 0 Å². The molecule has 1 N–H and O–H groups in total. The van der Waals surface area contributed by atoms with Gasteiger partial charge < -0.3 is 10.2 Å². The summed E-state index contributed by atoms with van der Waals surface area (Å²) < 4.78 is 0. The summed E-state index contributed by atoms with van der Waals surface area (Å²) in [6.45, 7) is 11.8. The normalized spacial score (nSPS) is 24.1. The molecule has 7 heteroatoms. The number of halogens is 1. The van der Waals surface area contributed by atoms with E-state index in [0.717, 1.165) is 57.4 Å². The first-order chi connectivity index (χ1) is 19.4. The van der Waals surface area contributed by atoms with Crippen LogP contribution < -0.4 is 5.32 Å². The predicted molar refractivity (Wildman–Crippen MR) is 168 cm³/mol. The van der Waals surface area contributed by atoms with Crippen LogP contribution in [0.3, 0.4) is 0 Å². The van der Waals surface area contributed by atoms with Gasteiger partial charge in [-0.05, 0) is 68.3 Å². The Kier molecular flexibility index (Phi) is 10.2. The molecule has 0 radical (unpaired) electrons. The minimum Gasteiger partial charge on any atom is -0.340 e. The van der Waals surface area contributed by atoms with Crippen LogP contribution in [-0.4, -0.2) is 84.3 Å². The molecule has 3 aliphatic rings. The second-order valence-electron chi connectivity index (χ2n) is 12.4. The van der Waals surface area contributed by atoms with Gasteiger partial charge in [0.1, 0.15) is 0 Å². The highest BCUT2D eigenvalue weighted by molar-refractivity contribution is 7.98. The lowest BCUT2D eigenvalue weighted by atomic mass is 9.79. The molecule has 1 aliphatic carbocycles. The fraction of sp³-hybridized carbons (Fsp3) is 0.606. The molecule has 2 aliphatic heterocycles. The third-order valence-electron chi connectivity index (χ3n) is 9.68. The Balaban J connectivity index is 1.21. The third kappa shape index (κ3) is 6.90. The van der Waals surface area contributed by atoms with Crippen LogP contribution in [0.4, 0.5) is 0 Å². The molecule has 2 atom stereocenters. The maximum Gasteiger partial charge on any atom is 0.227 e. The molecule has 1 saturated carbocycles. The Morgan fingerprint density at radius 3 is 2.27 bits per heavy atom. The van der Waals surface area contributed by atoms with E-state index in [1.165, 1.54) is 48.1 Å². The second-order valence-corrected chi connectivity index (χ2v) is 13.7. The number of carbonyl (C=O) groups excluding carboxylic acids is 1. The Morgan fingerprint density at radius 1 is 0.975 bits per heavy atom. The van der Waals surface area contributed by atoms with E-state index in [1.54, 1.807) is 11.8 Å². The van der Waals surface area contributed by atoms with E-state index in [1.807, 2.05) is 12.1 Å². The fourth-order valence-electron chi connectivity index (χ4n) is 7.19. The summed E-state index contributed by atoms with van der Waals surface area (Å²) in [5.74, 6) is 0.578. The third-order valence-corrected chi connectivity index (χ3v) is 10.7. The largest absolute Gasteiger partial charge is 0.340 e. The van der Waals surface area contributed by atoms with Gasteiger partial charge in [-0.15, -0.1) is 11.8 Å². The number of rotatable bonds is 9. The van der Waals surface area contributed by atoms with Crippen LogP contribution in [0.1, 0.15) is 63.0 Å². The number of nitrogens with zero attached hydrogens (tertiary/aromatic N) is 3. The molecule has 0 spiro atoms. The van der Waals surface area contributed by atoms with Crippen molar-refractivity contribution >= 4 is 29.3 Å². The zero-order chi connectivity index (χ0) is 28.1. The molecule has 0 aromatic heterocycles. The highest BCUT2D eigenvalue weighted by atomic mass is 35.5. The number of benzene rings is 2. The molecule has 3 fully saturated rings. The van der Waals surface area contributed by atoms with Crippen molar-refractivity contribution in [2.75, 3.05) is 52.1 Å². The Morgan fingerprint density at radius 2 is 1.65 bits per heavy atom. The highest BCUT2D eigenvalue weighted by Crippen LogP contribution is 2.37. The number of piperazine rings is 1. The lowest BCUT2D eigenvalue weighted by Crippen LogP contribution is -2.62. The average Bonchev–Trinajstić information content (AvgIpc) is 3.44. The molecule has 5 rings (SSSR count). The summed E-state index contributed by atoms with van der Waals surface area (Å²) in [7, 11) is 0. The van der Waals surface area contributed by atoms with Crippen molar-refractivity contribution in [3.8, 4) is 0 Å². The SMILES string of the molecule is CSc1ccc(CNCC2(N3CCN(C(=O)[C@H]4CN(C(C)C)C[C@@H]4c4ccc(Cl)cc4)CC3)CCCCC2)cc1. The Bertz CT molecular complexity index is 1090. The standard InChI is InChI=1S/C33H47ClN4OS/c1-25(2)37-22-30(27-9-11-28(34)12-10-27)31(23-37)32(39)36-17-19-38(20-18-36)33(15-5-4-6-16-33)24-35-21-26-7-13-29(40-3)14-8-26/h7-14,25,30-31,35H,4-6,15-24H2,1-3H3/t30-,31+/m1/s1. The highest BCUT2D eigenvalue weighted by Gasteiger charge is 2.43. The Labute approximate surface area is 251 Å². The predicted octanol–water partition coefficient (Wildman–Crippen LogP) is 6.12. The molecule has 2 saturated heterocycles. The van der Waals surface area contributed by atoms with Gasteiger partial charge in [-0.1, -0.05) is 55.1 Å². The van der Waals surface area contributed by atoms with Gasteiger partial charge >= 0.3 is 0 Å². The van der Waals surface area contributed by atoms with Gasteiger partial charge in [0, 0.05) is 79.8 Å². The number of nitrogens with one attached hydrogen (secondary N) is 1. The average molecular weight is 583 g/mol. The van der Waals surface area contributed by atoms with Crippen LogP contribution in [0.5, 0.6) is 0 Å². The smallest absolute Gasteiger partial charge is 0.227 e. The Hall–Kier alpha value is -1.57. The number of likely N-dealkylation sites (tertiary alicyclic amines) is 1. The summed E-state index contributed by atoms with van der Waals surface area (Å²) in [5, 5.41) is 4.58. The van der Waals surface area contributed by atoms with Gasteiger partial charge in [-0.25, -0.2) is 0 Å². The topological polar surface area (TPSA) is 38.8 Å². The molecular formula is C33H47ClN4OS.